The van der Waals surface area contributed by atoms with Crippen molar-refractivity contribution in [2.75, 3.05) is 20.8 Å². The van der Waals surface area contributed by atoms with Crippen molar-refractivity contribution in [1.29, 1.82) is 0 Å². The van der Waals surface area contributed by atoms with Crippen molar-refractivity contribution in [3.8, 4) is 34.5 Å². The lowest BCUT2D eigenvalue weighted by Gasteiger charge is -2.07. The van der Waals surface area contributed by atoms with E-state index in [0.717, 1.165) is 22.3 Å². The minimum absolute atomic E-state index is 0.226. The van der Waals surface area contributed by atoms with E-state index in [1.54, 1.807) is 25.3 Å². The zero-order chi connectivity index (χ0) is 21.3. The molecular weight excluding hydrogens is 383 g/mol. The predicted molar refractivity (Wildman–Crippen MR) is 114 cm³/mol. The molecule has 0 bridgehead atoms. The second kappa shape index (κ2) is 10.1. The molecule has 0 heterocycles. The highest BCUT2D eigenvalue weighted by Gasteiger charge is 2.05. The molecule has 0 aliphatic rings. The molecule has 0 atom stereocenters. The van der Waals surface area contributed by atoms with E-state index >= 15 is 0 Å². The van der Waals surface area contributed by atoms with Gasteiger partial charge in [0.1, 0.15) is 6.61 Å². The van der Waals surface area contributed by atoms with Gasteiger partial charge in [-0.25, -0.2) is 4.39 Å². The molecule has 3 aromatic rings. The fourth-order valence-corrected chi connectivity index (χ4v) is 2.62. The summed E-state index contributed by atoms with van der Waals surface area (Å²) in [5.74, 6) is 6.96. The van der Waals surface area contributed by atoms with Gasteiger partial charge in [0.2, 0.25) is 0 Å². The quantitative estimate of drug-likeness (QED) is 0.230. The highest BCUT2D eigenvalue weighted by atomic mass is 19.1. The maximum Gasteiger partial charge on any atom is 0.178 e. The predicted octanol–water partition coefficient (Wildman–Crippen LogP) is 5.37. The van der Waals surface area contributed by atoms with Crippen LogP contribution in [0.1, 0.15) is 11.1 Å². The first-order chi connectivity index (χ1) is 14.6. The van der Waals surface area contributed by atoms with Crippen molar-refractivity contribution in [1.82, 2.24) is 0 Å². The Morgan fingerprint density at radius 3 is 2.03 bits per heavy atom. The van der Waals surface area contributed by atoms with Crippen molar-refractivity contribution in [3.05, 3.63) is 96.0 Å². The van der Waals surface area contributed by atoms with E-state index in [-0.39, 0.29) is 18.2 Å². The molecule has 3 rings (SSSR count). The minimum Gasteiger partial charge on any atom is -0.494 e. The van der Waals surface area contributed by atoms with Crippen LogP contribution in [0.3, 0.4) is 0 Å². The molecular formula is C25H21FO4. The summed E-state index contributed by atoms with van der Waals surface area (Å²) in [7, 11) is 2.99. The molecule has 0 unspecified atom stereocenters. The second-order valence-corrected chi connectivity index (χ2v) is 6.34. The Hall–Kier alpha value is -3.75. The molecule has 0 spiro atoms. The molecule has 0 radical (unpaired) electrons. The maximum absolute atomic E-state index is 13.9. The lowest BCUT2D eigenvalue weighted by molar-refractivity contribution is -0.173. The average molecular weight is 404 g/mol. The Bertz CT molecular complexity index is 1060. The lowest BCUT2D eigenvalue weighted by atomic mass is 10.0. The van der Waals surface area contributed by atoms with Crippen LogP contribution in [0.2, 0.25) is 0 Å². The van der Waals surface area contributed by atoms with E-state index in [1.807, 2.05) is 42.5 Å². The lowest BCUT2D eigenvalue weighted by Crippen LogP contribution is -2.01. The molecule has 30 heavy (non-hydrogen) atoms. The van der Waals surface area contributed by atoms with Crippen LogP contribution in [-0.4, -0.2) is 20.8 Å². The SMILES string of the molecule is C=C(COC)OOc1ccc(C#Cc2ccc(-c3ccc(OC)c(F)c3)cc2)cc1. The fraction of sp³-hybridized carbons (Fsp3) is 0.120. The molecule has 0 N–H and O–H groups in total. The summed E-state index contributed by atoms with van der Waals surface area (Å²) in [4.78, 5) is 10.2. The third kappa shape index (κ3) is 5.63. The van der Waals surface area contributed by atoms with E-state index in [0.29, 0.717) is 11.5 Å². The van der Waals surface area contributed by atoms with Crippen LogP contribution in [0.4, 0.5) is 4.39 Å². The summed E-state index contributed by atoms with van der Waals surface area (Å²) < 4.78 is 23.7. The van der Waals surface area contributed by atoms with E-state index in [1.165, 1.54) is 13.2 Å². The average Bonchev–Trinajstić information content (AvgIpc) is 2.77. The number of methoxy groups -OCH3 is 2. The number of ether oxygens (including phenoxy) is 2. The number of halogens is 1. The van der Waals surface area contributed by atoms with Crippen LogP contribution in [-0.2, 0) is 9.62 Å². The van der Waals surface area contributed by atoms with Crippen LogP contribution in [0.15, 0.2) is 79.1 Å². The van der Waals surface area contributed by atoms with Gasteiger partial charge in [0.15, 0.2) is 23.1 Å². The Morgan fingerprint density at radius 1 is 0.867 bits per heavy atom. The number of rotatable bonds is 7. The zero-order valence-corrected chi connectivity index (χ0v) is 16.8. The molecule has 0 aromatic heterocycles. The van der Waals surface area contributed by atoms with Crippen molar-refractivity contribution in [2.24, 2.45) is 0 Å². The summed E-state index contributed by atoms with van der Waals surface area (Å²) in [6, 6.07) is 19.7. The number of benzene rings is 3. The molecule has 3 aromatic carbocycles. The van der Waals surface area contributed by atoms with Crippen molar-refractivity contribution < 1.29 is 23.6 Å². The zero-order valence-electron chi connectivity index (χ0n) is 16.8. The van der Waals surface area contributed by atoms with Gasteiger partial charge in [-0.15, -0.1) is 0 Å². The third-order valence-electron chi connectivity index (χ3n) is 4.14. The maximum atomic E-state index is 13.9. The van der Waals surface area contributed by atoms with Crippen LogP contribution in [0.5, 0.6) is 11.5 Å². The van der Waals surface area contributed by atoms with E-state index in [9.17, 15) is 4.39 Å². The second-order valence-electron chi connectivity index (χ2n) is 6.34. The summed E-state index contributed by atoms with van der Waals surface area (Å²) in [5.41, 5.74) is 3.36. The Kier molecular flexibility index (Phi) is 7.09. The van der Waals surface area contributed by atoms with Crippen molar-refractivity contribution in [2.45, 2.75) is 0 Å². The molecule has 152 valence electrons. The van der Waals surface area contributed by atoms with Crippen LogP contribution in [0, 0.1) is 17.7 Å². The van der Waals surface area contributed by atoms with Gasteiger partial charge in [0, 0.05) is 18.2 Å². The standard InChI is InChI=1S/C25H21FO4/c1-18(17-27-2)29-30-23-13-8-20(9-14-23)5-4-19-6-10-21(11-7-19)22-12-15-25(28-3)24(26)16-22/h6-16H,1,17H2,2-3H3. The van der Waals surface area contributed by atoms with Gasteiger partial charge in [-0.2, -0.15) is 0 Å². The number of hydrogen-bond acceptors (Lipinski definition) is 4. The molecule has 0 fully saturated rings. The van der Waals surface area contributed by atoms with E-state index in [2.05, 4.69) is 18.4 Å². The fourth-order valence-electron chi connectivity index (χ4n) is 2.62. The molecule has 0 aliphatic heterocycles. The largest absolute Gasteiger partial charge is 0.494 e. The van der Waals surface area contributed by atoms with E-state index in [4.69, 9.17) is 19.2 Å². The first kappa shape index (κ1) is 21.0. The third-order valence-corrected chi connectivity index (χ3v) is 4.14. The normalized spacial score (nSPS) is 9.97. The molecule has 4 nitrogen and oxygen atoms in total. The van der Waals surface area contributed by atoms with Crippen LogP contribution >= 0.6 is 0 Å². The van der Waals surface area contributed by atoms with Gasteiger partial charge in [-0.05, 0) is 59.7 Å². The van der Waals surface area contributed by atoms with Gasteiger partial charge < -0.3 is 9.47 Å². The summed E-state index contributed by atoms with van der Waals surface area (Å²) >= 11 is 0. The van der Waals surface area contributed by atoms with Crippen LogP contribution in [0.25, 0.3) is 11.1 Å². The minimum atomic E-state index is -0.389. The first-order valence-electron chi connectivity index (χ1n) is 9.16. The molecule has 0 aliphatic carbocycles. The summed E-state index contributed by atoms with van der Waals surface area (Å²) in [6.45, 7) is 3.92. The van der Waals surface area contributed by atoms with Gasteiger partial charge in [0.05, 0.1) is 7.11 Å². The number of hydrogen-bond donors (Lipinski definition) is 0. The smallest absolute Gasteiger partial charge is 0.178 e. The summed E-state index contributed by atoms with van der Waals surface area (Å²) in [6.07, 6.45) is 0. The van der Waals surface area contributed by atoms with Gasteiger partial charge in [-0.3, -0.25) is 9.78 Å². The van der Waals surface area contributed by atoms with Gasteiger partial charge in [-0.1, -0.05) is 36.6 Å². The Balaban J connectivity index is 1.63. The highest BCUT2D eigenvalue weighted by Crippen LogP contribution is 2.25. The summed E-state index contributed by atoms with van der Waals surface area (Å²) in [5, 5.41) is 0. The first-order valence-corrected chi connectivity index (χ1v) is 9.16. The Morgan fingerprint density at radius 2 is 1.47 bits per heavy atom. The molecule has 0 saturated carbocycles. The molecule has 5 heteroatoms. The molecule has 0 saturated heterocycles. The van der Waals surface area contributed by atoms with Crippen molar-refractivity contribution in [3.63, 3.8) is 0 Å². The van der Waals surface area contributed by atoms with Crippen molar-refractivity contribution >= 4 is 0 Å². The van der Waals surface area contributed by atoms with Gasteiger partial charge in [0.25, 0.3) is 0 Å². The molecule has 0 amide bonds. The Labute approximate surface area is 175 Å². The highest BCUT2D eigenvalue weighted by molar-refractivity contribution is 5.65. The van der Waals surface area contributed by atoms with E-state index < -0.39 is 0 Å². The van der Waals surface area contributed by atoms with Gasteiger partial charge >= 0.3 is 0 Å². The topological polar surface area (TPSA) is 36.9 Å². The monoisotopic (exact) mass is 404 g/mol. The van der Waals surface area contributed by atoms with Crippen LogP contribution < -0.4 is 9.62 Å².